The number of carbonyl (C=O) groups excluding carboxylic acids is 1. The fourth-order valence-corrected chi connectivity index (χ4v) is 2.08. The van der Waals surface area contributed by atoms with Gasteiger partial charge in [-0.15, -0.1) is 0 Å². The topological polar surface area (TPSA) is 41.1 Å². The van der Waals surface area contributed by atoms with Gasteiger partial charge in [0.2, 0.25) is 5.91 Å². The van der Waals surface area contributed by atoms with Crippen molar-refractivity contribution in [2.75, 3.05) is 6.54 Å². The zero-order valence-electron chi connectivity index (χ0n) is 9.22. The number of nitrogens with one attached hydrogen (secondary N) is 2. The van der Waals surface area contributed by atoms with Crippen molar-refractivity contribution in [3.63, 3.8) is 0 Å². The maximum atomic E-state index is 11.0. The summed E-state index contributed by atoms with van der Waals surface area (Å²) in [6, 6.07) is 6.58. The predicted octanol–water partition coefficient (Wildman–Crippen LogP) is 1.74. The minimum atomic E-state index is 0.143. The third-order valence-corrected chi connectivity index (χ3v) is 3.68. The van der Waals surface area contributed by atoms with Crippen LogP contribution in [0.4, 0.5) is 0 Å². The molecule has 0 bridgehead atoms. The third-order valence-electron chi connectivity index (χ3n) is 2.79. The van der Waals surface area contributed by atoms with E-state index in [0.29, 0.717) is 6.42 Å². The molecule has 16 heavy (non-hydrogen) atoms. The van der Waals surface area contributed by atoms with Crippen LogP contribution in [0.1, 0.15) is 17.5 Å². The summed E-state index contributed by atoms with van der Waals surface area (Å²) < 4.78 is 1.13. The molecule has 1 aliphatic rings. The second-order valence-corrected chi connectivity index (χ2v) is 5.02. The van der Waals surface area contributed by atoms with E-state index >= 15 is 0 Å². The molecule has 0 aromatic heterocycles. The molecule has 1 atom stereocenters. The summed E-state index contributed by atoms with van der Waals surface area (Å²) in [5, 5.41) is 6.19. The molecule has 3 nitrogen and oxygen atoms in total. The molecule has 0 radical (unpaired) electrons. The van der Waals surface area contributed by atoms with E-state index in [4.69, 9.17) is 0 Å². The Hall–Kier alpha value is -0.870. The largest absolute Gasteiger partial charge is 0.354 e. The van der Waals surface area contributed by atoms with Gasteiger partial charge in [-0.25, -0.2) is 0 Å². The van der Waals surface area contributed by atoms with Crippen LogP contribution in [0, 0.1) is 6.92 Å². The van der Waals surface area contributed by atoms with E-state index in [1.807, 2.05) is 0 Å². The molecule has 86 valence electrons. The minimum Gasteiger partial charge on any atom is -0.354 e. The Balaban J connectivity index is 1.89. The van der Waals surface area contributed by atoms with Crippen LogP contribution in [0.15, 0.2) is 22.7 Å². The second-order valence-electron chi connectivity index (χ2n) is 4.17. The fourth-order valence-electron chi connectivity index (χ4n) is 1.83. The number of aryl methyl sites for hydroxylation is 1. The Bertz CT molecular complexity index is 406. The average molecular weight is 283 g/mol. The molecule has 1 aromatic rings. The van der Waals surface area contributed by atoms with Gasteiger partial charge in [0.05, 0.1) is 0 Å². The molecule has 1 aromatic carbocycles. The number of carbonyl (C=O) groups is 1. The van der Waals surface area contributed by atoms with Gasteiger partial charge in [0.15, 0.2) is 0 Å². The molecule has 1 saturated heterocycles. The summed E-state index contributed by atoms with van der Waals surface area (Å²) in [4.78, 5) is 11.0. The maximum Gasteiger partial charge on any atom is 0.221 e. The number of rotatable bonds is 3. The van der Waals surface area contributed by atoms with Gasteiger partial charge in [0.1, 0.15) is 0 Å². The van der Waals surface area contributed by atoms with Crippen LogP contribution >= 0.6 is 15.9 Å². The SMILES string of the molecule is Cc1cc(CNC2CNC(=O)C2)ccc1Br. The first-order valence-corrected chi connectivity index (χ1v) is 6.19. The highest BCUT2D eigenvalue weighted by molar-refractivity contribution is 9.10. The zero-order valence-corrected chi connectivity index (χ0v) is 10.8. The molecule has 2 N–H and O–H groups in total. The van der Waals surface area contributed by atoms with Crippen molar-refractivity contribution in [1.82, 2.24) is 10.6 Å². The first kappa shape index (κ1) is 11.6. The van der Waals surface area contributed by atoms with Gasteiger partial charge in [-0.3, -0.25) is 4.79 Å². The standard InChI is InChI=1S/C12H15BrN2O/c1-8-4-9(2-3-11(8)13)6-14-10-5-12(16)15-7-10/h2-4,10,14H,5-7H2,1H3,(H,15,16). The van der Waals surface area contributed by atoms with Gasteiger partial charge in [-0.05, 0) is 24.1 Å². The maximum absolute atomic E-state index is 11.0. The Morgan fingerprint density at radius 1 is 1.56 bits per heavy atom. The zero-order chi connectivity index (χ0) is 11.5. The molecule has 1 amide bonds. The van der Waals surface area contributed by atoms with Gasteiger partial charge in [0.25, 0.3) is 0 Å². The lowest BCUT2D eigenvalue weighted by Crippen LogP contribution is -2.30. The summed E-state index contributed by atoms with van der Waals surface area (Å²) in [5.41, 5.74) is 2.49. The van der Waals surface area contributed by atoms with Crippen molar-refractivity contribution >= 4 is 21.8 Å². The molecular formula is C12H15BrN2O. The molecule has 1 aliphatic heterocycles. The highest BCUT2D eigenvalue weighted by atomic mass is 79.9. The Morgan fingerprint density at radius 2 is 2.38 bits per heavy atom. The van der Waals surface area contributed by atoms with Crippen molar-refractivity contribution < 1.29 is 4.79 Å². The summed E-state index contributed by atoms with van der Waals surface area (Å²) in [5.74, 6) is 0.143. The molecule has 0 aliphatic carbocycles. The lowest BCUT2D eigenvalue weighted by atomic mass is 10.1. The van der Waals surface area contributed by atoms with Crippen LogP contribution < -0.4 is 10.6 Å². The lowest BCUT2D eigenvalue weighted by molar-refractivity contribution is -0.119. The smallest absolute Gasteiger partial charge is 0.221 e. The molecule has 1 unspecified atom stereocenters. The Morgan fingerprint density at radius 3 is 3.00 bits per heavy atom. The van der Waals surface area contributed by atoms with Crippen LogP contribution in [-0.2, 0) is 11.3 Å². The van der Waals surface area contributed by atoms with E-state index in [2.05, 4.69) is 51.7 Å². The van der Waals surface area contributed by atoms with E-state index in [-0.39, 0.29) is 11.9 Å². The van der Waals surface area contributed by atoms with E-state index in [1.165, 1.54) is 11.1 Å². The monoisotopic (exact) mass is 282 g/mol. The van der Waals surface area contributed by atoms with Gasteiger partial charge < -0.3 is 10.6 Å². The molecule has 2 rings (SSSR count). The third kappa shape index (κ3) is 2.83. The molecular weight excluding hydrogens is 268 g/mol. The van der Waals surface area contributed by atoms with E-state index < -0.39 is 0 Å². The van der Waals surface area contributed by atoms with Crippen molar-refractivity contribution in [1.29, 1.82) is 0 Å². The quantitative estimate of drug-likeness (QED) is 0.887. The predicted molar refractivity (Wildman–Crippen MR) is 67.1 cm³/mol. The number of benzene rings is 1. The Labute approximate surface area is 104 Å². The Kier molecular flexibility index (Phi) is 3.61. The van der Waals surface area contributed by atoms with Crippen LogP contribution in [0.25, 0.3) is 0 Å². The lowest BCUT2D eigenvalue weighted by Gasteiger charge is -2.11. The van der Waals surface area contributed by atoms with Crippen LogP contribution in [-0.4, -0.2) is 18.5 Å². The van der Waals surface area contributed by atoms with Gasteiger partial charge in [0, 0.05) is 30.0 Å². The van der Waals surface area contributed by atoms with Crippen molar-refractivity contribution in [2.45, 2.75) is 25.9 Å². The minimum absolute atomic E-state index is 0.143. The van der Waals surface area contributed by atoms with Crippen LogP contribution in [0.3, 0.4) is 0 Å². The molecule has 4 heteroatoms. The van der Waals surface area contributed by atoms with Crippen molar-refractivity contribution in [3.05, 3.63) is 33.8 Å². The average Bonchev–Trinajstić information content (AvgIpc) is 2.66. The molecule has 0 saturated carbocycles. The van der Waals surface area contributed by atoms with Crippen LogP contribution in [0.2, 0.25) is 0 Å². The summed E-state index contributed by atoms with van der Waals surface area (Å²) in [6.45, 7) is 3.64. The van der Waals surface area contributed by atoms with Crippen molar-refractivity contribution in [2.24, 2.45) is 0 Å². The first-order chi connectivity index (χ1) is 7.65. The normalized spacial score (nSPS) is 19.9. The van der Waals surface area contributed by atoms with Gasteiger partial charge in [-0.2, -0.15) is 0 Å². The second kappa shape index (κ2) is 4.97. The molecule has 0 spiro atoms. The van der Waals surface area contributed by atoms with Crippen molar-refractivity contribution in [3.8, 4) is 0 Å². The molecule has 1 heterocycles. The van der Waals surface area contributed by atoms with E-state index in [9.17, 15) is 4.79 Å². The van der Waals surface area contributed by atoms with Gasteiger partial charge >= 0.3 is 0 Å². The summed E-state index contributed by atoms with van der Waals surface area (Å²) >= 11 is 3.48. The fraction of sp³-hybridized carbons (Fsp3) is 0.417. The summed E-state index contributed by atoms with van der Waals surface area (Å²) in [7, 11) is 0. The van der Waals surface area contributed by atoms with Gasteiger partial charge in [-0.1, -0.05) is 28.1 Å². The highest BCUT2D eigenvalue weighted by Crippen LogP contribution is 2.17. The summed E-state index contributed by atoms with van der Waals surface area (Å²) in [6.07, 6.45) is 0.593. The number of hydrogen-bond donors (Lipinski definition) is 2. The number of halogens is 1. The van der Waals surface area contributed by atoms with E-state index in [1.54, 1.807) is 0 Å². The molecule has 1 fully saturated rings. The van der Waals surface area contributed by atoms with E-state index in [0.717, 1.165) is 17.6 Å². The number of amides is 1. The van der Waals surface area contributed by atoms with Crippen LogP contribution in [0.5, 0.6) is 0 Å². The highest BCUT2D eigenvalue weighted by Gasteiger charge is 2.20. The first-order valence-electron chi connectivity index (χ1n) is 5.40. The number of hydrogen-bond acceptors (Lipinski definition) is 2.